The number of carbonyl (C=O) groups excluding carboxylic acids is 1. The number of hydrogen-bond acceptors (Lipinski definition) is 4. The van der Waals surface area contributed by atoms with E-state index in [-0.39, 0.29) is 17.8 Å². The summed E-state index contributed by atoms with van der Waals surface area (Å²) in [5.41, 5.74) is 6.17. The Morgan fingerprint density at radius 3 is 2.62 bits per heavy atom. The minimum atomic E-state index is -0.296. The molecule has 2 rings (SSSR count). The molecule has 21 heavy (non-hydrogen) atoms. The molecule has 0 aromatic heterocycles. The van der Waals surface area contributed by atoms with Crippen molar-refractivity contribution in [1.29, 1.82) is 0 Å². The number of halogens is 1. The van der Waals surface area contributed by atoms with Gasteiger partial charge in [0.25, 0.3) is 0 Å². The van der Waals surface area contributed by atoms with Crippen molar-refractivity contribution in [2.75, 3.05) is 33.3 Å². The second-order valence-electron chi connectivity index (χ2n) is 5.35. The molecule has 0 radical (unpaired) electrons. The summed E-state index contributed by atoms with van der Waals surface area (Å²) < 4.78 is 18.6. The lowest BCUT2D eigenvalue weighted by Gasteiger charge is -2.37. The Kier molecular flexibility index (Phi) is 5.14. The standard InChI is InChI=1S/C15H22FN3O2/c1-11(15(17)20)19-7-5-18(6-8-19)10-12-9-13(16)3-4-14(12)21-2/h3-4,9,11H,5-8,10H2,1-2H3,(H2,17,20)/t11-/m1/s1. The Labute approximate surface area is 124 Å². The molecule has 1 aliphatic heterocycles. The first-order valence-electron chi connectivity index (χ1n) is 7.09. The maximum atomic E-state index is 13.4. The molecule has 0 unspecified atom stereocenters. The van der Waals surface area contributed by atoms with E-state index in [2.05, 4.69) is 9.80 Å². The highest BCUT2D eigenvalue weighted by atomic mass is 19.1. The molecule has 1 atom stereocenters. The molecule has 1 aliphatic rings. The van der Waals surface area contributed by atoms with Gasteiger partial charge in [0.1, 0.15) is 11.6 Å². The zero-order valence-corrected chi connectivity index (χ0v) is 12.5. The third kappa shape index (κ3) is 3.92. The molecule has 5 nitrogen and oxygen atoms in total. The van der Waals surface area contributed by atoms with Crippen molar-refractivity contribution < 1.29 is 13.9 Å². The highest BCUT2D eigenvalue weighted by Crippen LogP contribution is 2.21. The number of hydrogen-bond donors (Lipinski definition) is 1. The highest BCUT2D eigenvalue weighted by molar-refractivity contribution is 5.79. The number of rotatable bonds is 5. The lowest BCUT2D eigenvalue weighted by molar-refractivity contribution is -0.123. The van der Waals surface area contributed by atoms with Crippen LogP contribution in [-0.4, -0.2) is 55.0 Å². The summed E-state index contributed by atoms with van der Waals surface area (Å²) in [6, 6.07) is 4.32. The van der Waals surface area contributed by atoms with Gasteiger partial charge in [-0.05, 0) is 25.1 Å². The SMILES string of the molecule is COc1ccc(F)cc1CN1CCN([C@H](C)C(N)=O)CC1. The zero-order valence-electron chi connectivity index (χ0n) is 12.5. The first-order valence-corrected chi connectivity index (χ1v) is 7.09. The Morgan fingerprint density at radius 2 is 2.05 bits per heavy atom. The van der Waals surface area contributed by atoms with Crippen molar-refractivity contribution in [3.8, 4) is 5.75 Å². The van der Waals surface area contributed by atoms with Gasteiger partial charge in [-0.2, -0.15) is 0 Å². The molecular weight excluding hydrogens is 273 g/mol. The van der Waals surface area contributed by atoms with Crippen LogP contribution in [0, 0.1) is 5.82 Å². The molecule has 0 spiro atoms. The van der Waals surface area contributed by atoms with Crippen molar-refractivity contribution in [3.05, 3.63) is 29.6 Å². The number of carbonyl (C=O) groups is 1. The van der Waals surface area contributed by atoms with Crippen LogP contribution in [-0.2, 0) is 11.3 Å². The maximum Gasteiger partial charge on any atom is 0.234 e. The van der Waals surface area contributed by atoms with E-state index in [1.165, 1.54) is 12.1 Å². The van der Waals surface area contributed by atoms with Gasteiger partial charge in [-0.25, -0.2) is 4.39 Å². The van der Waals surface area contributed by atoms with E-state index >= 15 is 0 Å². The van der Waals surface area contributed by atoms with E-state index < -0.39 is 0 Å². The summed E-state index contributed by atoms with van der Waals surface area (Å²) in [5, 5.41) is 0. The molecule has 0 bridgehead atoms. The minimum Gasteiger partial charge on any atom is -0.496 e. The molecule has 1 fully saturated rings. The Balaban J connectivity index is 1.95. The molecule has 2 N–H and O–H groups in total. The van der Waals surface area contributed by atoms with E-state index in [4.69, 9.17) is 10.5 Å². The lowest BCUT2D eigenvalue weighted by Crippen LogP contribution is -2.52. The molecule has 0 saturated carbocycles. The Hall–Kier alpha value is -1.66. The number of benzene rings is 1. The highest BCUT2D eigenvalue weighted by Gasteiger charge is 2.24. The molecular formula is C15H22FN3O2. The number of primary amides is 1. The number of nitrogens with zero attached hydrogens (tertiary/aromatic N) is 2. The first-order chi connectivity index (χ1) is 10.0. The van der Waals surface area contributed by atoms with E-state index in [0.717, 1.165) is 31.7 Å². The predicted molar refractivity (Wildman–Crippen MR) is 78.5 cm³/mol. The van der Waals surface area contributed by atoms with E-state index in [9.17, 15) is 9.18 Å². The van der Waals surface area contributed by atoms with Crippen LogP contribution in [0.25, 0.3) is 0 Å². The van der Waals surface area contributed by atoms with Crippen molar-refractivity contribution >= 4 is 5.91 Å². The van der Waals surface area contributed by atoms with Gasteiger partial charge in [0.2, 0.25) is 5.91 Å². The minimum absolute atomic E-state index is 0.240. The normalized spacial score (nSPS) is 18.4. The molecule has 1 amide bonds. The molecule has 116 valence electrons. The van der Waals surface area contributed by atoms with E-state index in [1.807, 2.05) is 6.92 Å². The van der Waals surface area contributed by atoms with Crippen LogP contribution in [0.15, 0.2) is 18.2 Å². The van der Waals surface area contributed by atoms with Crippen molar-refractivity contribution in [1.82, 2.24) is 9.80 Å². The van der Waals surface area contributed by atoms with Crippen LogP contribution in [0.5, 0.6) is 5.75 Å². The van der Waals surface area contributed by atoms with Crippen LogP contribution < -0.4 is 10.5 Å². The van der Waals surface area contributed by atoms with Crippen LogP contribution in [0.1, 0.15) is 12.5 Å². The topological polar surface area (TPSA) is 58.8 Å². The first kappa shape index (κ1) is 15.7. The van der Waals surface area contributed by atoms with Gasteiger partial charge in [0, 0.05) is 38.3 Å². The summed E-state index contributed by atoms with van der Waals surface area (Å²) in [6.07, 6.45) is 0. The van der Waals surface area contributed by atoms with Crippen LogP contribution in [0.2, 0.25) is 0 Å². The molecule has 1 aromatic rings. The lowest BCUT2D eigenvalue weighted by atomic mass is 10.1. The smallest absolute Gasteiger partial charge is 0.234 e. The van der Waals surface area contributed by atoms with Gasteiger partial charge in [-0.3, -0.25) is 14.6 Å². The van der Waals surface area contributed by atoms with Gasteiger partial charge >= 0.3 is 0 Å². The fourth-order valence-electron chi connectivity index (χ4n) is 2.60. The number of ether oxygens (including phenoxy) is 1. The summed E-state index contributed by atoms with van der Waals surface area (Å²) in [5.74, 6) is 0.145. The molecule has 1 heterocycles. The molecule has 1 aromatic carbocycles. The van der Waals surface area contributed by atoms with Crippen LogP contribution >= 0.6 is 0 Å². The number of methoxy groups -OCH3 is 1. The summed E-state index contributed by atoms with van der Waals surface area (Å²) >= 11 is 0. The largest absolute Gasteiger partial charge is 0.496 e. The molecule has 6 heteroatoms. The van der Waals surface area contributed by atoms with Gasteiger partial charge in [-0.1, -0.05) is 0 Å². The second kappa shape index (κ2) is 6.87. The predicted octanol–water partition coefficient (Wildman–Crippen LogP) is 0.826. The summed E-state index contributed by atoms with van der Waals surface area (Å²) in [6.45, 7) is 5.66. The van der Waals surface area contributed by atoms with E-state index in [1.54, 1.807) is 13.2 Å². The summed E-state index contributed by atoms with van der Waals surface area (Å²) in [4.78, 5) is 15.5. The fraction of sp³-hybridized carbons (Fsp3) is 0.533. The van der Waals surface area contributed by atoms with Crippen LogP contribution in [0.4, 0.5) is 4.39 Å². The van der Waals surface area contributed by atoms with Gasteiger partial charge in [0.05, 0.1) is 13.2 Å². The van der Waals surface area contributed by atoms with E-state index in [0.29, 0.717) is 12.3 Å². The van der Waals surface area contributed by atoms with Gasteiger partial charge < -0.3 is 10.5 Å². The third-order valence-corrected chi connectivity index (χ3v) is 4.00. The fourth-order valence-corrected chi connectivity index (χ4v) is 2.60. The van der Waals surface area contributed by atoms with Gasteiger partial charge in [0.15, 0.2) is 0 Å². The number of amides is 1. The average Bonchev–Trinajstić information content (AvgIpc) is 2.47. The Morgan fingerprint density at radius 1 is 1.38 bits per heavy atom. The number of nitrogens with two attached hydrogens (primary N) is 1. The average molecular weight is 295 g/mol. The quantitative estimate of drug-likeness (QED) is 0.874. The number of piperazine rings is 1. The van der Waals surface area contributed by atoms with Gasteiger partial charge in [-0.15, -0.1) is 0 Å². The Bertz CT molecular complexity index is 502. The maximum absolute atomic E-state index is 13.4. The summed E-state index contributed by atoms with van der Waals surface area (Å²) in [7, 11) is 1.59. The molecule has 1 saturated heterocycles. The van der Waals surface area contributed by atoms with Crippen LogP contribution in [0.3, 0.4) is 0 Å². The zero-order chi connectivity index (χ0) is 15.4. The second-order valence-corrected chi connectivity index (χ2v) is 5.35. The van der Waals surface area contributed by atoms with Crippen molar-refractivity contribution in [2.45, 2.75) is 19.5 Å². The monoisotopic (exact) mass is 295 g/mol. The van der Waals surface area contributed by atoms with Crippen molar-refractivity contribution in [3.63, 3.8) is 0 Å². The van der Waals surface area contributed by atoms with Crippen molar-refractivity contribution in [2.24, 2.45) is 5.73 Å². The third-order valence-electron chi connectivity index (χ3n) is 4.00. The molecule has 0 aliphatic carbocycles.